The summed E-state index contributed by atoms with van der Waals surface area (Å²) in [6.45, 7) is 0. The van der Waals surface area contributed by atoms with Crippen LogP contribution in [0.5, 0.6) is 0 Å². The van der Waals surface area contributed by atoms with Crippen LogP contribution in [0.2, 0.25) is 0 Å². The number of nitrogens with zero attached hydrogens (tertiary/aromatic N) is 1. The Morgan fingerprint density at radius 1 is 1.30 bits per heavy atom. The molecule has 0 radical (unpaired) electrons. The molecule has 1 aromatic rings. The third-order valence-electron chi connectivity index (χ3n) is 3.57. The zero-order valence-electron chi connectivity index (χ0n) is 11.5. The van der Waals surface area contributed by atoms with Crippen LogP contribution in [0.4, 0.5) is 5.00 Å². The highest BCUT2D eigenvalue weighted by Gasteiger charge is 2.20. The molecule has 0 fully saturated rings. The van der Waals surface area contributed by atoms with Crippen LogP contribution in [0.1, 0.15) is 54.5 Å². The van der Waals surface area contributed by atoms with Crippen LogP contribution in [0, 0.1) is 11.3 Å². The number of anilines is 1. The summed E-state index contributed by atoms with van der Waals surface area (Å²) in [5, 5.41) is 13.0. The number of carbonyl (C=O) groups excluding carboxylic acids is 1. The summed E-state index contributed by atoms with van der Waals surface area (Å²) in [4.78, 5) is 13.2. The quantitative estimate of drug-likeness (QED) is 0.502. The zero-order valence-corrected chi connectivity index (χ0v) is 13.1. The van der Waals surface area contributed by atoms with Crippen LogP contribution < -0.4 is 5.32 Å². The molecule has 1 amide bonds. The number of hydrogen-bond donors (Lipinski definition) is 1. The third kappa shape index (κ3) is 3.74. The maximum atomic E-state index is 11.9. The van der Waals surface area contributed by atoms with E-state index in [-0.39, 0.29) is 5.91 Å². The molecule has 20 heavy (non-hydrogen) atoms. The molecule has 1 aliphatic carbocycles. The van der Waals surface area contributed by atoms with E-state index in [0.29, 0.717) is 17.9 Å². The molecule has 1 N–H and O–H groups in total. The predicted octanol–water partition coefficient (Wildman–Crippen LogP) is 4.24. The minimum Gasteiger partial charge on any atom is -0.317 e. The van der Waals surface area contributed by atoms with Gasteiger partial charge in [0.25, 0.3) is 0 Å². The van der Waals surface area contributed by atoms with Gasteiger partial charge in [0.2, 0.25) is 5.91 Å². The number of halogens is 1. The Kier molecular flexibility index (Phi) is 5.87. The van der Waals surface area contributed by atoms with Gasteiger partial charge in [-0.25, -0.2) is 0 Å². The highest BCUT2D eigenvalue weighted by Crippen LogP contribution is 2.37. The monoisotopic (exact) mass is 310 g/mol. The molecule has 1 heterocycles. The number of hydrogen-bond acceptors (Lipinski definition) is 3. The molecule has 0 bridgehead atoms. The summed E-state index contributed by atoms with van der Waals surface area (Å²) in [7, 11) is 0. The van der Waals surface area contributed by atoms with E-state index in [0.717, 1.165) is 37.1 Å². The number of aryl methyl sites for hydroxylation is 1. The van der Waals surface area contributed by atoms with Crippen LogP contribution >= 0.6 is 22.9 Å². The normalized spacial score (nSPS) is 14.2. The molecule has 0 unspecified atom stereocenters. The number of amides is 1. The fraction of sp³-hybridized carbons (Fsp3) is 0.600. The summed E-state index contributed by atoms with van der Waals surface area (Å²) in [6.07, 6.45) is 7.67. The van der Waals surface area contributed by atoms with Crippen LogP contribution in [0.3, 0.4) is 0 Å². The van der Waals surface area contributed by atoms with Crippen molar-refractivity contribution in [3.8, 4) is 6.07 Å². The summed E-state index contributed by atoms with van der Waals surface area (Å²) in [5.41, 5.74) is 1.86. The first kappa shape index (κ1) is 15.3. The van der Waals surface area contributed by atoms with E-state index in [9.17, 15) is 10.1 Å². The standard InChI is InChI=1S/C15H19ClN2OS/c16-9-5-4-8-14(19)18-15-12(10-17)11-6-2-1-3-7-13(11)20-15/h1-9H2,(H,18,19). The van der Waals surface area contributed by atoms with E-state index in [1.807, 2.05) is 0 Å². The van der Waals surface area contributed by atoms with Gasteiger partial charge in [-0.05, 0) is 44.1 Å². The molecule has 5 heteroatoms. The van der Waals surface area contributed by atoms with Gasteiger partial charge in [0.1, 0.15) is 11.1 Å². The lowest BCUT2D eigenvalue weighted by Crippen LogP contribution is -2.11. The van der Waals surface area contributed by atoms with Crippen LogP contribution in [-0.2, 0) is 17.6 Å². The summed E-state index contributed by atoms with van der Waals surface area (Å²) >= 11 is 7.19. The Balaban J connectivity index is 2.08. The van der Waals surface area contributed by atoms with Crippen LogP contribution in [0.25, 0.3) is 0 Å². The Hall–Kier alpha value is -1.05. The molecule has 0 spiro atoms. The Morgan fingerprint density at radius 3 is 2.85 bits per heavy atom. The molecule has 0 atom stereocenters. The predicted molar refractivity (Wildman–Crippen MR) is 83.5 cm³/mol. The number of rotatable bonds is 5. The lowest BCUT2D eigenvalue weighted by Gasteiger charge is -2.03. The van der Waals surface area contributed by atoms with Crippen LogP contribution in [0.15, 0.2) is 0 Å². The van der Waals surface area contributed by atoms with Crippen molar-refractivity contribution in [2.75, 3.05) is 11.2 Å². The van der Waals surface area contributed by atoms with Crippen molar-refractivity contribution < 1.29 is 4.79 Å². The SMILES string of the molecule is N#Cc1c(NC(=O)CCCCCl)sc2c1CCCCC2. The van der Waals surface area contributed by atoms with Gasteiger partial charge in [-0.3, -0.25) is 4.79 Å². The average molecular weight is 311 g/mol. The third-order valence-corrected chi connectivity index (χ3v) is 5.05. The zero-order chi connectivity index (χ0) is 14.4. The van der Waals surface area contributed by atoms with Gasteiger partial charge in [-0.2, -0.15) is 5.26 Å². The molecule has 1 aromatic heterocycles. The highest BCUT2D eigenvalue weighted by atomic mass is 35.5. The van der Waals surface area contributed by atoms with Crippen molar-refractivity contribution in [2.45, 2.75) is 51.4 Å². The largest absolute Gasteiger partial charge is 0.317 e. The Bertz CT molecular complexity index is 519. The molecular weight excluding hydrogens is 292 g/mol. The van der Waals surface area contributed by atoms with Crippen molar-refractivity contribution in [1.82, 2.24) is 0 Å². The number of thiophene rings is 1. The molecule has 1 aliphatic rings. The molecule has 2 rings (SSSR count). The number of carbonyl (C=O) groups is 1. The van der Waals surface area contributed by atoms with E-state index in [1.54, 1.807) is 11.3 Å². The van der Waals surface area contributed by atoms with Crippen molar-refractivity contribution in [1.29, 1.82) is 5.26 Å². The highest BCUT2D eigenvalue weighted by molar-refractivity contribution is 7.16. The fourth-order valence-electron chi connectivity index (χ4n) is 2.52. The molecule has 0 saturated carbocycles. The molecule has 0 aliphatic heterocycles. The van der Waals surface area contributed by atoms with E-state index < -0.39 is 0 Å². The number of fused-ring (bicyclic) bond motifs is 1. The molecule has 108 valence electrons. The minimum atomic E-state index is -0.0111. The minimum absolute atomic E-state index is 0.0111. The summed E-state index contributed by atoms with van der Waals surface area (Å²) in [6, 6.07) is 2.28. The van der Waals surface area contributed by atoms with Crippen molar-refractivity contribution in [3.05, 3.63) is 16.0 Å². The number of nitriles is 1. The number of alkyl halides is 1. The van der Waals surface area contributed by atoms with Crippen LogP contribution in [-0.4, -0.2) is 11.8 Å². The number of nitrogens with one attached hydrogen (secondary N) is 1. The average Bonchev–Trinajstić information content (AvgIpc) is 2.60. The second-order valence-electron chi connectivity index (χ2n) is 5.07. The van der Waals surface area contributed by atoms with Gasteiger partial charge in [0, 0.05) is 17.2 Å². The van der Waals surface area contributed by atoms with E-state index in [2.05, 4.69) is 11.4 Å². The first-order valence-corrected chi connectivity index (χ1v) is 8.51. The Morgan fingerprint density at radius 2 is 2.10 bits per heavy atom. The molecule has 3 nitrogen and oxygen atoms in total. The van der Waals surface area contributed by atoms with Crippen molar-refractivity contribution in [3.63, 3.8) is 0 Å². The van der Waals surface area contributed by atoms with Gasteiger partial charge in [-0.1, -0.05) is 6.42 Å². The summed E-state index contributed by atoms with van der Waals surface area (Å²) in [5.74, 6) is 0.576. The first-order chi connectivity index (χ1) is 9.76. The van der Waals surface area contributed by atoms with E-state index in [4.69, 9.17) is 11.6 Å². The van der Waals surface area contributed by atoms with Crippen molar-refractivity contribution >= 4 is 33.8 Å². The molecule has 0 aromatic carbocycles. The van der Waals surface area contributed by atoms with Crippen molar-refractivity contribution in [2.24, 2.45) is 0 Å². The van der Waals surface area contributed by atoms with E-state index >= 15 is 0 Å². The van der Waals surface area contributed by atoms with Gasteiger partial charge >= 0.3 is 0 Å². The molecular formula is C15H19ClN2OS. The lowest BCUT2D eigenvalue weighted by atomic mass is 10.1. The van der Waals surface area contributed by atoms with Gasteiger partial charge in [-0.15, -0.1) is 22.9 Å². The maximum Gasteiger partial charge on any atom is 0.225 e. The van der Waals surface area contributed by atoms with Gasteiger partial charge < -0.3 is 5.32 Å². The second-order valence-corrected chi connectivity index (χ2v) is 6.56. The fourth-order valence-corrected chi connectivity index (χ4v) is 3.96. The topological polar surface area (TPSA) is 52.9 Å². The smallest absolute Gasteiger partial charge is 0.225 e. The number of unbranched alkanes of at least 4 members (excludes halogenated alkanes) is 1. The first-order valence-electron chi connectivity index (χ1n) is 7.16. The second kappa shape index (κ2) is 7.66. The van der Waals surface area contributed by atoms with Gasteiger partial charge in [0.15, 0.2) is 0 Å². The van der Waals surface area contributed by atoms with Gasteiger partial charge in [0.05, 0.1) is 5.56 Å². The van der Waals surface area contributed by atoms with E-state index in [1.165, 1.54) is 23.3 Å². The maximum absolute atomic E-state index is 11.9. The summed E-state index contributed by atoms with van der Waals surface area (Å²) < 4.78 is 0. The lowest BCUT2D eigenvalue weighted by molar-refractivity contribution is -0.116. The molecule has 0 saturated heterocycles. The Labute approximate surface area is 128 Å².